The smallest absolute Gasteiger partial charge is 0.320 e. The largest absolute Gasteiger partial charge is 0.480 e. The Kier molecular flexibility index (Phi) is 6.84. The molecule has 6 heteroatoms. The lowest BCUT2D eigenvalue weighted by Crippen LogP contribution is -2.31. The minimum absolute atomic E-state index is 0.482. The van der Waals surface area contributed by atoms with E-state index in [2.05, 4.69) is 10.6 Å². The van der Waals surface area contributed by atoms with Crippen LogP contribution < -0.4 is 16.4 Å². The maximum absolute atomic E-state index is 10.5. The van der Waals surface area contributed by atoms with Gasteiger partial charge < -0.3 is 21.5 Å². The monoisotopic (exact) mass is 281 g/mol. The first kappa shape index (κ1) is 15.4. The van der Waals surface area contributed by atoms with Crippen molar-refractivity contribution in [1.29, 1.82) is 0 Å². The van der Waals surface area contributed by atoms with E-state index in [0.717, 1.165) is 18.5 Å². The van der Waals surface area contributed by atoms with Crippen molar-refractivity contribution in [2.75, 3.05) is 11.9 Å². The van der Waals surface area contributed by atoms with Crippen LogP contribution in [-0.2, 0) is 4.79 Å². The standard InChI is InChI=1S/C13H19N3O2S/c14-11(12(17)18)8-4-5-9-15-13(19)16-10-6-2-1-3-7-10/h1-3,6-7,11H,4-5,8-9,14H2,(H,17,18)(H2,15,16,19)/t11-/m0/s1. The zero-order valence-corrected chi connectivity index (χ0v) is 11.5. The fourth-order valence-corrected chi connectivity index (χ4v) is 1.73. The third kappa shape index (κ3) is 6.73. The summed E-state index contributed by atoms with van der Waals surface area (Å²) in [5.74, 6) is -0.950. The Balaban J connectivity index is 2.10. The molecular formula is C13H19N3O2S. The Hall–Kier alpha value is -1.66. The molecule has 0 fully saturated rings. The molecular weight excluding hydrogens is 262 g/mol. The molecule has 0 aliphatic rings. The molecule has 0 saturated heterocycles. The van der Waals surface area contributed by atoms with Gasteiger partial charge in [-0.15, -0.1) is 0 Å². The molecule has 1 aromatic rings. The molecule has 104 valence electrons. The summed E-state index contributed by atoms with van der Waals surface area (Å²) >= 11 is 5.14. The number of hydrogen-bond donors (Lipinski definition) is 4. The van der Waals surface area contributed by atoms with Crippen LogP contribution in [0.4, 0.5) is 5.69 Å². The van der Waals surface area contributed by atoms with E-state index in [9.17, 15) is 4.79 Å². The quantitative estimate of drug-likeness (QED) is 0.448. The van der Waals surface area contributed by atoms with Gasteiger partial charge >= 0.3 is 5.97 Å². The van der Waals surface area contributed by atoms with Gasteiger partial charge in [0.25, 0.3) is 0 Å². The Bertz CT molecular complexity index is 412. The first-order chi connectivity index (χ1) is 9.09. The average molecular weight is 281 g/mol. The predicted molar refractivity (Wildman–Crippen MR) is 80.1 cm³/mol. The molecule has 1 aromatic carbocycles. The van der Waals surface area contributed by atoms with Crippen LogP contribution in [0, 0.1) is 0 Å². The fraction of sp³-hybridized carbons (Fsp3) is 0.385. The van der Waals surface area contributed by atoms with E-state index in [4.69, 9.17) is 23.1 Å². The lowest BCUT2D eigenvalue weighted by molar-refractivity contribution is -0.138. The van der Waals surface area contributed by atoms with E-state index in [1.165, 1.54) is 0 Å². The molecule has 0 bridgehead atoms. The Morgan fingerprint density at radius 3 is 2.63 bits per heavy atom. The Morgan fingerprint density at radius 2 is 2.00 bits per heavy atom. The zero-order valence-electron chi connectivity index (χ0n) is 10.6. The molecule has 0 amide bonds. The molecule has 0 aliphatic heterocycles. The predicted octanol–water partition coefficient (Wildman–Crippen LogP) is 1.56. The second-order valence-electron chi connectivity index (χ2n) is 4.19. The van der Waals surface area contributed by atoms with Crippen molar-refractivity contribution < 1.29 is 9.90 Å². The normalized spacial score (nSPS) is 11.6. The summed E-state index contributed by atoms with van der Waals surface area (Å²) in [7, 11) is 0. The van der Waals surface area contributed by atoms with Crippen LogP contribution in [-0.4, -0.2) is 28.8 Å². The van der Waals surface area contributed by atoms with E-state index in [0.29, 0.717) is 18.1 Å². The highest BCUT2D eigenvalue weighted by Crippen LogP contribution is 2.04. The summed E-state index contributed by atoms with van der Waals surface area (Å²) < 4.78 is 0. The number of hydrogen-bond acceptors (Lipinski definition) is 3. The summed E-state index contributed by atoms with van der Waals surface area (Å²) in [5.41, 5.74) is 6.34. The average Bonchev–Trinajstić information content (AvgIpc) is 2.39. The minimum Gasteiger partial charge on any atom is -0.480 e. The van der Waals surface area contributed by atoms with Gasteiger partial charge in [0.1, 0.15) is 6.04 Å². The Labute approximate surface area is 118 Å². The molecule has 0 heterocycles. The first-order valence-corrected chi connectivity index (χ1v) is 6.58. The molecule has 0 spiro atoms. The number of nitrogens with one attached hydrogen (secondary N) is 2. The highest BCUT2D eigenvalue weighted by Gasteiger charge is 2.09. The van der Waals surface area contributed by atoms with Gasteiger partial charge in [-0.1, -0.05) is 18.2 Å². The number of carboxylic acids is 1. The van der Waals surface area contributed by atoms with Crippen molar-refractivity contribution in [2.45, 2.75) is 25.3 Å². The van der Waals surface area contributed by atoms with E-state index in [-0.39, 0.29) is 0 Å². The molecule has 0 aliphatic carbocycles. The van der Waals surface area contributed by atoms with E-state index in [1.807, 2.05) is 30.3 Å². The highest BCUT2D eigenvalue weighted by molar-refractivity contribution is 7.80. The van der Waals surface area contributed by atoms with Crippen LogP contribution in [0.15, 0.2) is 30.3 Å². The number of para-hydroxylation sites is 1. The Morgan fingerprint density at radius 1 is 1.32 bits per heavy atom. The topological polar surface area (TPSA) is 87.4 Å². The van der Waals surface area contributed by atoms with Gasteiger partial charge in [0.15, 0.2) is 5.11 Å². The molecule has 19 heavy (non-hydrogen) atoms. The lowest BCUT2D eigenvalue weighted by Gasteiger charge is -2.10. The maximum atomic E-state index is 10.5. The summed E-state index contributed by atoms with van der Waals surface area (Å²) in [5, 5.41) is 15.3. The number of benzene rings is 1. The maximum Gasteiger partial charge on any atom is 0.320 e. The molecule has 0 radical (unpaired) electrons. The van der Waals surface area contributed by atoms with Gasteiger partial charge in [0.2, 0.25) is 0 Å². The van der Waals surface area contributed by atoms with Gasteiger partial charge in [-0.05, 0) is 43.6 Å². The number of unbranched alkanes of at least 4 members (excludes halogenated alkanes) is 1. The van der Waals surface area contributed by atoms with Crippen LogP contribution >= 0.6 is 12.2 Å². The van der Waals surface area contributed by atoms with Crippen molar-refractivity contribution in [1.82, 2.24) is 5.32 Å². The van der Waals surface area contributed by atoms with Crippen molar-refractivity contribution >= 4 is 29.0 Å². The number of rotatable bonds is 7. The molecule has 0 unspecified atom stereocenters. The third-order valence-electron chi connectivity index (χ3n) is 2.58. The van der Waals surface area contributed by atoms with E-state index >= 15 is 0 Å². The SMILES string of the molecule is N[C@@H](CCCCNC(=S)Nc1ccccc1)C(=O)O. The number of carboxylic acid groups (broad SMARTS) is 1. The summed E-state index contributed by atoms with van der Waals surface area (Å²) in [4.78, 5) is 10.5. The first-order valence-electron chi connectivity index (χ1n) is 6.18. The van der Waals surface area contributed by atoms with Crippen LogP contribution in [0.5, 0.6) is 0 Å². The van der Waals surface area contributed by atoms with Gasteiger partial charge in [0, 0.05) is 12.2 Å². The minimum atomic E-state index is -0.950. The fourth-order valence-electron chi connectivity index (χ4n) is 1.51. The lowest BCUT2D eigenvalue weighted by atomic mass is 10.1. The molecule has 5 nitrogen and oxygen atoms in total. The molecule has 5 N–H and O–H groups in total. The van der Waals surface area contributed by atoms with Crippen LogP contribution in [0.1, 0.15) is 19.3 Å². The number of anilines is 1. The van der Waals surface area contributed by atoms with Crippen molar-refractivity contribution in [2.24, 2.45) is 5.73 Å². The number of carbonyl (C=O) groups is 1. The van der Waals surface area contributed by atoms with Gasteiger partial charge in [-0.3, -0.25) is 4.79 Å². The van der Waals surface area contributed by atoms with Crippen molar-refractivity contribution in [3.8, 4) is 0 Å². The second-order valence-corrected chi connectivity index (χ2v) is 4.60. The summed E-state index contributed by atoms with van der Waals surface area (Å²) in [6.07, 6.45) is 2.07. The van der Waals surface area contributed by atoms with E-state index in [1.54, 1.807) is 0 Å². The molecule has 0 aromatic heterocycles. The molecule has 0 saturated carbocycles. The van der Waals surface area contributed by atoms with Crippen molar-refractivity contribution in [3.63, 3.8) is 0 Å². The van der Waals surface area contributed by atoms with Crippen LogP contribution in [0.3, 0.4) is 0 Å². The third-order valence-corrected chi connectivity index (χ3v) is 2.82. The highest BCUT2D eigenvalue weighted by atomic mass is 32.1. The van der Waals surface area contributed by atoms with Crippen LogP contribution in [0.2, 0.25) is 0 Å². The summed E-state index contributed by atoms with van der Waals surface area (Å²) in [6, 6.07) is 8.89. The number of nitrogens with two attached hydrogens (primary N) is 1. The van der Waals surface area contributed by atoms with Crippen LogP contribution in [0.25, 0.3) is 0 Å². The van der Waals surface area contributed by atoms with Crippen molar-refractivity contribution in [3.05, 3.63) is 30.3 Å². The molecule has 1 atom stereocenters. The number of aliphatic carboxylic acids is 1. The summed E-state index contributed by atoms with van der Waals surface area (Å²) in [6.45, 7) is 0.699. The second kappa shape index (κ2) is 8.44. The zero-order chi connectivity index (χ0) is 14.1. The molecule has 1 rings (SSSR count). The van der Waals surface area contributed by atoms with Gasteiger partial charge in [0.05, 0.1) is 0 Å². The van der Waals surface area contributed by atoms with Gasteiger partial charge in [-0.25, -0.2) is 0 Å². The van der Waals surface area contributed by atoms with E-state index < -0.39 is 12.0 Å². The number of thiocarbonyl (C=S) groups is 1. The van der Waals surface area contributed by atoms with Gasteiger partial charge in [-0.2, -0.15) is 0 Å².